The van der Waals surface area contributed by atoms with E-state index in [0.29, 0.717) is 0 Å². The molecule has 6 heterocycles. The second-order valence-electron chi connectivity index (χ2n) is 37.4. The number of rotatable bonds is 32. The zero-order valence-electron chi connectivity index (χ0n) is 74.8. The van der Waals surface area contributed by atoms with Crippen LogP contribution in [0, 0.1) is 0 Å². The van der Waals surface area contributed by atoms with Gasteiger partial charge >= 0.3 is 72.4 Å². The average Bonchev–Trinajstić information content (AvgIpc) is 0.673. The molecule has 0 aromatic heterocycles. The maximum Gasteiger partial charge on any atom is 0.651 e. The van der Waals surface area contributed by atoms with Crippen LogP contribution < -0.4 is 0 Å². The second kappa shape index (κ2) is 34.8. The first-order chi connectivity index (χ1) is 57.4. The van der Waals surface area contributed by atoms with Crippen molar-refractivity contribution in [2.45, 2.75) is 204 Å². The molecule has 8 aromatic carbocycles. The number of benzene rings is 8. The molecule has 672 valence electrons. The first-order valence-corrected chi connectivity index (χ1v) is 78.7. The van der Waals surface area contributed by atoms with Crippen molar-refractivity contribution < 1.29 is 123 Å². The molecule has 124 heavy (non-hydrogen) atoms. The molecular weight excluding hydrogens is 1860 g/mol. The van der Waals surface area contributed by atoms with Gasteiger partial charge in [0.1, 0.15) is 46.0 Å². The molecule has 28 nitrogen and oxygen atoms in total. The molecule has 0 spiro atoms. The van der Waals surface area contributed by atoms with E-state index in [2.05, 4.69) is 0 Å². The molecule has 0 amide bonds. The lowest BCUT2D eigenvalue weighted by atomic mass is 10.1. The largest absolute Gasteiger partial charge is 0.651 e. The SMILES string of the molecule is CC(c1ccc(O)cc1)[Si](C)(C)O[Si]12O[Si]3(O[Si](C)(C)C(C)c4ccc(O)cc4)O[Si]4(O[Si](C)(C)C(C)c5ccc(O)cc5)O[Si](O[Si](C)(C)C(C)c5ccc(O)cc5)(O1)O[Si]1(O[Si](C)(C)C(C)c5ccc(O)cc5)O[Si](O[Si](C)(C)C(C)c5ccc(O)cc5)(O2)O[Si](O[Si](C)(C)C(C)c2ccc(O)cc2)(O3)O[Si](O[Si](C)(C)C(C)c2ccc(O)cc2)(O4)O1. The highest BCUT2D eigenvalue weighted by Crippen LogP contribution is 2.57. The third-order valence-electron chi connectivity index (χ3n) is 25.6. The predicted octanol–water partition coefficient (Wildman–Crippen LogP) is 17.9. The van der Waals surface area contributed by atoms with E-state index in [-0.39, 0.29) is 46.0 Å². The summed E-state index contributed by atoms with van der Waals surface area (Å²) in [5.41, 5.74) is 1.11. The van der Waals surface area contributed by atoms with Crippen molar-refractivity contribution in [1.29, 1.82) is 0 Å². The Kier molecular flexibility index (Phi) is 27.1. The summed E-state index contributed by atoms with van der Waals surface area (Å²) >= 11 is 0. The maximum atomic E-state index is 11.0. The summed E-state index contributed by atoms with van der Waals surface area (Å²) in [6.07, 6.45) is 0. The highest BCUT2D eigenvalue weighted by Gasteiger charge is 2.93. The maximum absolute atomic E-state index is 11.0. The van der Waals surface area contributed by atoms with Gasteiger partial charge in [-0.25, -0.2) is 0 Å². The molecule has 6 saturated heterocycles. The molecule has 6 aliphatic heterocycles. The van der Waals surface area contributed by atoms with Crippen molar-refractivity contribution in [2.75, 3.05) is 0 Å². The Morgan fingerprint density at radius 2 is 0.234 bits per heavy atom. The lowest BCUT2D eigenvalue weighted by Gasteiger charge is -2.62. The second-order valence-corrected chi connectivity index (χ2v) is 94.3. The van der Waals surface area contributed by atoms with Gasteiger partial charge in [-0.2, -0.15) is 0 Å². The van der Waals surface area contributed by atoms with E-state index in [4.69, 9.17) is 82.3 Å². The van der Waals surface area contributed by atoms with Gasteiger partial charge in [-0.05, 0) is 291 Å². The van der Waals surface area contributed by atoms with E-state index < -0.39 is 183 Å². The molecular formula is C80H120O28Si16. The number of hydrogen-bond acceptors (Lipinski definition) is 28. The Hall–Kier alpha value is -5.17. The van der Waals surface area contributed by atoms with Gasteiger partial charge in [0.05, 0.1) is 0 Å². The predicted molar refractivity (Wildman–Crippen MR) is 500 cm³/mol. The Bertz CT molecular complexity index is 4040. The van der Waals surface area contributed by atoms with Gasteiger partial charge in [-0.15, -0.1) is 0 Å². The standard InChI is InChI=1S/C80H120O28Si16/c1-57(65-25-41-73(81)42-26-65)109(9,10)89-117-97-118(90-110(11,12)58(2)66-27-43-74(82)44-28-66)100-121(93-113(17,18)61(5)69-33-49-77(85)50-34-69)102-119(98-117,91-111(13,14)59(3)67-29-45-75(83)46-30-67)104-123(95-115(21,22)63(7)71-37-53-79(87)54-38-71)105-120(99-117,92-112(15,16)60(4)68-31-47-76(84)48-32-68)103-122(101-118,94-114(19,20)62(6)70-35-51-78(86)52-36-70)107-124(106-121,108-123)96-116(23,24)64(8)72-39-55-80(88)56-40-72/h25-64,81-88H,1-24H3. The highest BCUT2D eigenvalue weighted by molar-refractivity contribution is 7.05. The topological polar surface area (TPSA) is 346 Å². The van der Waals surface area contributed by atoms with Crippen molar-refractivity contribution in [3.8, 4) is 46.0 Å². The minimum atomic E-state index is -6.10. The minimum absolute atomic E-state index is 0.0172. The van der Waals surface area contributed by atoms with Crippen LogP contribution in [0.3, 0.4) is 0 Å². The fraction of sp³-hybridized carbons (Fsp3) is 0.400. The normalized spacial score (nSPS) is 27.2. The van der Waals surface area contributed by atoms with Crippen molar-refractivity contribution in [1.82, 2.24) is 0 Å². The molecule has 8 atom stereocenters. The monoisotopic (exact) mass is 1980 g/mol. The van der Waals surface area contributed by atoms with E-state index in [0.717, 1.165) is 44.5 Å². The Morgan fingerprint density at radius 3 is 0.306 bits per heavy atom. The van der Waals surface area contributed by atoms with Crippen molar-refractivity contribution in [3.63, 3.8) is 0 Å². The molecule has 8 aromatic rings. The van der Waals surface area contributed by atoms with E-state index in [9.17, 15) is 40.9 Å². The van der Waals surface area contributed by atoms with Crippen molar-refractivity contribution in [3.05, 3.63) is 239 Å². The molecule has 8 unspecified atom stereocenters. The summed E-state index contributed by atoms with van der Waals surface area (Å²) in [5, 5.41) is 87.9. The smallest absolute Gasteiger partial charge is 0.508 e. The summed E-state index contributed by atoms with van der Waals surface area (Å²) in [6.45, 7) is 47.0. The molecule has 0 radical (unpaired) electrons. The zero-order chi connectivity index (χ0) is 90.6. The van der Waals surface area contributed by atoms with Gasteiger partial charge < -0.3 is 123 Å². The Morgan fingerprint density at radius 1 is 0.161 bits per heavy atom. The Balaban J connectivity index is 1.23. The first-order valence-electron chi connectivity index (χ1n) is 41.8. The quantitative estimate of drug-likeness (QED) is 0.0182. The Labute approximate surface area is 745 Å². The third kappa shape index (κ3) is 20.8. The summed E-state index contributed by atoms with van der Waals surface area (Å²) in [7, 11) is -80.1. The molecule has 0 saturated carbocycles. The van der Waals surface area contributed by atoms with Gasteiger partial charge in [0, 0.05) is 0 Å². The van der Waals surface area contributed by atoms with Crippen LogP contribution in [0.5, 0.6) is 46.0 Å². The number of phenols is 8. The first kappa shape index (κ1) is 96.4. The van der Waals surface area contributed by atoms with Crippen LogP contribution in [0.2, 0.25) is 105 Å². The van der Waals surface area contributed by atoms with Crippen molar-refractivity contribution >= 4 is 139 Å². The number of aromatic hydroxyl groups is 8. The summed E-state index contributed by atoms with van der Waals surface area (Å²) in [6, 6.07) is 54.3. The number of hydrogen-bond donors (Lipinski definition) is 8. The van der Waals surface area contributed by atoms with Crippen molar-refractivity contribution in [2.24, 2.45) is 0 Å². The van der Waals surface area contributed by atoms with Crippen LogP contribution in [-0.4, -0.2) is 180 Å². The van der Waals surface area contributed by atoms with E-state index in [1.165, 1.54) is 0 Å². The molecule has 8 N–H and O–H groups in total. The van der Waals surface area contributed by atoms with Gasteiger partial charge in [-0.1, -0.05) is 152 Å². The lowest BCUT2D eigenvalue weighted by Crippen LogP contribution is -2.93. The van der Waals surface area contributed by atoms with Crippen LogP contribution in [0.15, 0.2) is 194 Å². The molecule has 6 aliphatic rings. The highest BCUT2D eigenvalue weighted by atomic mass is 28.7. The van der Waals surface area contributed by atoms with Gasteiger partial charge in [-0.3, -0.25) is 0 Å². The van der Waals surface area contributed by atoms with Gasteiger partial charge in [0.15, 0.2) is 66.5 Å². The van der Waals surface area contributed by atoms with E-state index in [1.807, 2.05) is 160 Å². The molecule has 14 rings (SSSR count). The molecule has 44 heteroatoms. The average molecular weight is 1980 g/mol. The fourth-order valence-electron chi connectivity index (χ4n) is 15.4. The lowest BCUT2D eigenvalue weighted by molar-refractivity contribution is -0.130. The molecule has 0 aliphatic carbocycles. The van der Waals surface area contributed by atoms with Gasteiger partial charge in [0.2, 0.25) is 0 Å². The summed E-state index contributed by atoms with van der Waals surface area (Å²) in [5.74, 6) is 0.138. The van der Waals surface area contributed by atoms with Crippen LogP contribution in [-0.2, 0) is 82.3 Å². The minimum Gasteiger partial charge on any atom is -0.508 e. The molecule has 6 fully saturated rings. The zero-order valence-corrected chi connectivity index (χ0v) is 90.8. The number of phenolic OH excluding ortho intramolecular Hbond substituents is 8. The van der Waals surface area contributed by atoms with Crippen LogP contribution in [0.25, 0.3) is 0 Å². The van der Waals surface area contributed by atoms with Crippen LogP contribution in [0.1, 0.15) is 144 Å². The molecule has 8 bridgehead atoms. The van der Waals surface area contributed by atoms with E-state index >= 15 is 0 Å². The van der Waals surface area contributed by atoms with E-state index in [1.54, 1.807) is 194 Å². The van der Waals surface area contributed by atoms with Gasteiger partial charge in [0.25, 0.3) is 0 Å². The van der Waals surface area contributed by atoms with Crippen LogP contribution in [0.4, 0.5) is 0 Å². The third-order valence-corrected chi connectivity index (χ3v) is 93.8. The van der Waals surface area contributed by atoms with Crippen LogP contribution >= 0.6 is 0 Å². The summed E-state index contributed by atoms with van der Waals surface area (Å²) in [4.78, 5) is 0. The fourth-order valence-corrected chi connectivity index (χ4v) is 90.4. The summed E-state index contributed by atoms with van der Waals surface area (Å²) < 4.78 is 168.